The maximum atomic E-state index is 10.1. The van der Waals surface area contributed by atoms with E-state index in [-0.39, 0.29) is 6.10 Å². The first kappa shape index (κ1) is 17.2. The number of rotatable bonds is 7. The van der Waals surface area contributed by atoms with Gasteiger partial charge in [0.25, 0.3) is 0 Å². The number of aliphatic hydroxyl groups excluding tert-OH is 1. The van der Waals surface area contributed by atoms with Gasteiger partial charge in [-0.05, 0) is 18.6 Å². The van der Waals surface area contributed by atoms with Gasteiger partial charge < -0.3 is 14.6 Å². The van der Waals surface area contributed by atoms with Gasteiger partial charge in [0.1, 0.15) is 0 Å². The molecular formula is C20H24N4O. The van der Waals surface area contributed by atoms with Gasteiger partial charge in [0, 0.05) is 24.8 Å². The van der Waals surface area contributed by atoms with E-state index >= 15 is 0 Å². The molecule has 2 aromatic carbocycles. The molecule has 1 aromatic heterocycles. The third-order valence-electron chi connectivity index (χ3n) is 4.35. The molecule has 0 fully saturated rings. The van der Waals surface area contributed by atoms with Crippen molar-refractivity contribution in [2.75, 3.05) is 11.4 Å². The number of anilines is 1. The Balaban J connectivity index is 1.86. The SMILES string of the molecule is CCC(O)CN(Cc1nnc(-c2ccccc2)n1C)c1ccccc1. The van der Waals surface area contributed by atoms with Crippen molar-refractivity contribution in [1.82, 2.24) is 14.8 Å². The zero-order chi connectivity index (χ0) is 17.6. The zero-order valence-electron chi connectivity index (χ0n) is 14.7. The number of aromatic nitrogens is 3. The van der Waals surface area contributed by atoms with Crippen LogP contribution in [0, 0.1) is 0 Å². The molecule has 1 atom stereocenters. The van der Waals surface area contributed by atoms with E-state index in [9.17, 15) is 5.11 Å². The summed E-state index contributed by atoms with van der Waals surface area (Å²) in [5.74, 6) is 1.71. The summed E-state index contributed by atoms with van der Waals surface area (Å²) in [4.78, 5) is 2.15. The van der Waals surface area contributed by atoms with Gasteiger partial charge in [0.2, 0.25) is 0 Å². The van der Waals surface area contributed by atoms with E-state index in [1.165, 1.54) is 0 Å². The lowest BCUT2D eigenvalue weighted by Gasteiger charge is -2.26. The van der Waals surface area contributed by atoms with Gasteiger partial charge in [-0.1, -0.05) is 55.5 Å². The smallest absolute Gasteiger partial charge is 0.163 e. The lowest BCUT2D eigenvalue weighted by molar-refractivity contribution is 0.175. The lowest BCUT2D eigenvalue weighted by Crippen LogP contribution is -2.32. The predicted octanol–water partition coefficient (Wildman–Crippen LogP) is 3.26. The molecule has 0 amide bonds. The summed E-state index contributed by atoms with van der Waals surface area (Å²) in [5.41, 5.74) is 2.11. The van der Waals surface area contributed by atoms with E-state index < -0.39 is 0 Å². The van der Waals surface area contributed by atoms with E-state index in [0.29, 0.717) is 13.1 Å². The van der Waals surface area contributed by atoms with E-state index in [0.717, 1.165) is 29.3 Å². The molecule has 5 nitrogen and oxygen atoms in total. The number of para-hydroxylation sites is 1. The van der Waals surface area contributed by atoms with Crippen molar-refractivity contribution in [2.45, 2.75) is 26.0 Å². The molecule has 0 spiro atoms. The van der Waals surface area contributed by atoms with Crippen molar-refractivity contribution in [3.63, 3.8) is 0 Å². The molecule has 1 heterocycles. The van der Waals surface area contributed by atoms with Crippen LogP contribution in [0.2, 0.25) is 0 Å². The van der Waals surface area contributed by atoms with Crippen molar-refractivity contribution in [3.05, 3.63) is 66.5 Å². The van der Waals surface area contributed by atoms with Crippen LogP contribution < -0.4 is 4.90 Å². The molecule has 0 saturated heterocycles. The minimum Gasteiger partial charge on any atom is -0.391 e. The Morgan fingerprint density at radius 3 is 2.28 bits per heavy atom. The van der Waals surface area contributed by atoms with Crippen LogP contribution in [0.4, 0.5) is 5.69 Å². The van der Waals surface area contributed by atoms with E-state index in [2.05, 4.69) is 27.2 Å². The molecule has 1 N–H and O–H groups in total. The van der Waals surface area contributed by atoms with E-state index in [1.807, 2.05) is 67.1 Å². The Morgan fingerprint density at radius 1 is 1.00 bits per heavy atom. The topological polar surface area (TPSA) is 54.2 Å². The Morgan fingerprint density at radius 2 is 1.64 bits per heavy atom. The number of hydrogen-bond donors (Lipinski definition) is 1. The summed E-state index contributed by atoms with van der Waals surface area (Å²) < 4.78 is 2.02. The Hall–Kier alpha value is -2.66. The molecule has 130 valence electrons. The second kappa shape index (κ2) is 7.94. The maximum Gasteiger partial charge on any atom is 0.163 e. The van der Waals surface area contributed by atoms with Crippen molar-refractivity contribution >= 4 is 5.69 Å². The van der Waals surface area contributed by atoms with Gasteiger partial charge in [-0.25, -0.2) is 0 Å². The Kier molecular flexibility index (Phi) is 5.46. The van der Waals surface area contributed by atoms with Crippen LogP contribution in [0.15, 0.2) is 60.7 Å². The van der Waals surface area contributed by atoms with Gasteiger partial charge in [-0.3, -0.25) is 0 Å². The third-order valence-corrected chi connectivity index (χ3v) is 4.35. The molecule has 3 aromatic rings. The summed E-state index contributed by atoms with van der Waals surface area (Å²) >= 11 is 0. The molecule has 1 unspecified atom stereocenters. The van der Waals surface area contributed by atoms with Crippen LogP contribution >= 0.6 is 0 Å². The summed E-state index contributed by atoms with van der Waals surface area (Å²) in [6, 6.07) is 20.2. The third kappa shape index (κ3) is 4.06. The quantitative estimate of drug-likeness (QED) is 0.719. The summed E-state index contributed by atoms with van der Waals surface area (Å²) in [6.45, 7) is 3.15. The minimum atomic E-state index is -0.373. The second-order valence-electron chi connectivity index (χ2n) is 6.14. The highest BCUT2D eigenvalue weighted by atomic mass is 16.3. The molecule has 0 aliphatic rings. The number of nitrogens with zero attached hydrogens (tertiary/aromatic N) is 4. The van der Waals surface area contributed by atoms with Crippen LogP contribution in [-0.4, -0.2) is 32.5 Å². The molecule has 0 saturated carbocycles. The summed E-state index contributed by atoms with van der Waals surface area (Å²) in [7, 11) is 1.98. The van der Waals surface area contributed by atoms with Gasteiger partial charge >= 0.3 is 0 Å². The standard InChI is InChI=1S/C20H24N4O/c1-3-18(25)14-24(17-12-8-5-9-13-17)15-19-21-22-20(23(19)2)16-10-6-4-7-11-16/h4-13,18,25H,3,14-15H2,1-2H3. The Labute approximate surface area is 148 Å². The second-order valence-corrected chi connectivity index (χ2v) is 6.14. The van der Waals surface area contributed by atoms with Gasteiger partial charge in [0.15, 0.2) is 11.6 Å². The highest BCUT2D eigenvalue weighted by molar-refractivity contribution is 5.55. The van der Waals surface area contributed by atoms with Crippen molar-refractivity contribution in [3.8, 4) is 11.4 Å². The zero-order valence-corrected chi connectivity index (χ0v) is 14.7. The lowest BCUT2D eigenvalue weighted by atomic mass is 10.2. The van der Waals surface area contributed by atoms with Crippen LogP contribution in [0.3, 0.4) is 0 Å². The van der Waals surface area contributed by atoms with Crippen LogP contribution in [-0.2, 0) is 13.6 Å². The number of aliphatic hydroxyl groups is 1. The van der Waals surface area contributed by atoms with E-state index in [4.69, 9.17) is 0 Å². The number of benzene rings is 2. The molecule has 0 aliphatic heterocycles. The van der Waals surface area contributed by atoms with Crippen LogP contribution in [0.25, 0.3) is 11.4 Å². The fourth-order valence-electron chi connectivity index (χ4n) is 2.79. The molecule has 0 radical (unpaired) electrons. The summed E-state index contributed by atoms with van der Waals surface area (Å²) in [5, 5.41) is 18.9. The van der Waals surface area contributed by atoms with Crippen molar-refractivity contribution in [2.24, 2.45) is 7.05 Å². The number of hydrogen-bond acceptors (Lipinski definition) is 4. The molecule has 0 bridgehead atoms. The van der Waals surface area contributed by atoms with Crippen molar-refractivity contribution in [1.29, 1.82) is 0 Å². The largest absolute Gasteiger partial charge is 0.391 e. The van der Waals surface area contributed by atoms with Gasteiger partial charge in [0.05, 0.1) is 12.6 Å². The molecule has 5 heteroatoms. The van der Waals surface area contributed by atoms with Gasteiger partial charge in [-0.15, -0.1) is 10.2 Å². The first-order chi connectivity index (χ1) is 12.2. The van der Waals surface area contributed by atoms with Crippen LogP contribution in [0.5, 0.6) is 0 Å². The summed E-state index contributed by atoms with van der Waals surface area (Å²) in [6.07, 6.45) is 0.347. The Bertz CT molecular complexity index is 786. The average Bonchev–Trinajstić information content (AvgIpc) is 3.03. The molecule has 0 aliphatic carbocycles. The maximum absolute atomic E-state index is 10.1. The normalized spacial score (nSPS) is 12.1. The minimum absolute atomic E-state index is 0.373. The van der Waals surface area contributed by atoms with Gasteiger partial charge in [-0.2, -0.15) is 0 Å². The fraction of sp³-hybridized carbons (Fsp3) is 0.300. The average molecular weight is 336 g/mol. The van der Waals surface area contributed by atoms with Crippen LogP contribution in [0.1, 0.15) is 19.2 Å². The molecule has 25 heavy (non-hydrogen) atoms. The molecular weight excluding hydrogens is 312 g/mol. The van der Waals surface area contributed by atoms with E-state index in [1.54, 1.807) is 0 Å². The highest BCUT2D eigenvalue weighted by Crippen LogP contribution is 2.20. The first-order valence-corrected chi connectivity index (χ1v) is 8.60. The van der Waals surface area contributed by atoms with Crippen molar-refractivity contribution < 1.29 is 5.11 Å². The highest BCUT2D eigenvalue weighted by Gasteiger charge is 2.17. The first-order valence-electron chi connectivity index (χ1n) is 8.60. The molecule has 3 rings (SSSR count). The predicted molar refractivity (Wildman–Crippen MR) is 100 cm³/mol. The monoisotopic (exact) mass is 336 g/mol. The fourth-order valence-corrected chi connectivity index (χ4v) is 2.79.